The number of aliphatic hydroxyl groups is 3. The number of hydrazone groups is 1. The second-order valence-electron chi connectivity index (χ2n) is 18.6. The lowest BCUT2D eigenvalue weighted by Crippen LogP contribution is -2.45. The smallest absolute Gasteiger partial charge is 0.376 e. The van der Waals surface area contributed by atoms with Crippen LogP contribution in [0.4, 0.5) is 5.69 Å². The number of benzene rings is 2. The highest BCUT2D eigenvalue weighted by molar-refractivity contribution is 6.33. The Morgan fingerprint density at radius 3 is 2.17 bits per heavy atom. The number of esters is 2. The molecular formula is C51H69N4O17+. The van der Waals surface area contributed by atoms with E-state index in [-0.39, 0.29) is 69.9 Å². The maximum Gasteiger partial charge on any atom is 0.376 e. The second-order valence-corrected chi connectivity index (χ2v) is 18.6. The molecule has 0 unspecified atom stereocenters. The van der Waals surface area contributed by atoms with E-state index in [9.17, 15) is 59.4 Å². The minimum atomic E-state index is -2.07. The number of nitrogens with zero attached hydrogens (tertiary/aromatic N) is 3. The van der Waals surface area contributed by atoms with Crippen molar-refractivity contribution >= 4 is 57.9 Å². The summed E-state index contributed by atoms with van der Waals surface area (Å²) in [6.07, 6.45) is 5.40. The highest BCUT2D eigenvalue weighted by Gasteiger charge is 2.50. The van der Waals surface area contributed by atoms with Crippen LogP contribution >= 0.6 is 0 Å². The van der Waals surface area contributed by atoms with Crippen LogP contribution in [0, 0.1) is 43.6 Å². The first-order valence-corrected chi connectivity index (χ1v) is 23.5. The van der Waals surface area contributed by atoms with Crippen LogP contribution in [0.1, 0.15) is 89.7 Å². The Morgan fingerprint density at radius 1 is 0.917 bits per heavy atom. The summed E-state index contributed by atoms with van der Waals surface area (Å²) >= 11 is 0. The van der Waals surface area contributed by atoms with E-state index in [1.54, 1.807) is 44.9 Å². The van der Waals surface area contributed by atoms with Gasteiger partial charge in [-0.3, -0.25) is 24.2 Å². The monoisotopic (exact) mass is 1010 g/mol. The molecule has 1 amide bonds. The van der Waals surface area contributed by atoms with Crippen LogP contribution in [0.15, 0.2) is 41.2 Å². The van der Waals surface area contributed by atoms with Gasteiger partial charge in [0.05, 0.1) is 46.9 Å². The highest BCUT2D eigenvalue weighted by Crippen LogP contribution is 2.55. The third-order valence-corrected chi connectivity index (χ3v) is 13.2. The summed E-state index contributed by atoms with van der Waals surface area (Å²) in [5, 5.41) is 77.2. The molecule has 21 heteroatoms. The first-order valence-electron chi connectivity index (χ1n) is 23.5. The molecule has 1 fully saturated rings. The molecule has 1 saturated heterocycles. The molecule has 4 aliphatic rings. The number of ether oxygens (including phenoxy) is 5. The van der Waals surface area contributed by atoms with Gasteiger partial charge in [-0.15, -0.1) is 0 Å². The number of likely N-dealkylation sites (N-methyl/N-ethyl adjacent to an activating group) is 1. The normalized spacial score (nSPS) is 28.0. The Bertz CT molecular complexity index is 2480. The minimum absolute atomic E-state index is 0.0406. The number of phenolic OH excluding ortho intramolecular Hbond substituents is 3. The number of piperazine rings is 1. The van der Waals surface area contributed by atoms with Gasteiger partial charge in [-0.2, -0.15) is 9.84 Å². The summed E-state index contributed by atoms with van der Waals surface area (Å²) < 4.78 is 26.2. The zero-order valence-corrected chi connectivity index (χ0v) is 42.5. The van der Waals surface area contributed by atoms with Crippen molar-refractivity contribution in [2.75, 3.05) is 51.9 Å². The summed E-state index contributed by atoms with van der Waals surface area (Å²) in [5.74, 6) is -11.2. The van der Waals surface area contributed by atoms with Gasteiger partial charge in [-0.05, 0) is 33.9 Å². The van der Waals surface area contributed by atoms with E-state index in [4.69, 9.17) is 14.2 Å². The summed E-state index contributed by atoms with van der Waals surface area (Å²) in [4.78, 5) is 74.6. The summed E-state index contributed by atoms with van der Waals surface area (Å²) in [7, 11) is 4.93. The number of carbonyl (C=O) groups excluding carboxylic acids is 6. The molecule has 6 rings (SSSR count). The van der Waals surface area contributed by atoms with Crippen LogP contribution in [0.5, 0.6) is 23.0 Å². The van der Waals surface area contributed by atoms with Crippen molar-refractivity contribution in [3.63, 3.8) is 0 Å². The maximum atomic E-state index is 14.4. The number of amides is 1. The van der Waals surface area contributed by atoms with Gasteiger partial charge in [-0.1, -0.05) is 45.9 Å². The van der Waals surface area contributed by atoms with Crippen molar-refractivity contribution in [2.24, 2.45) is 34.7 Å². The number of hydrogen-bond donors (Lipinski definition) is 7. The van der Waals surface area contributed by atoms with Crippen molar-refractivity contribution in [1.82, 2.24) is 9.91 Å². The number of Topliss-reactive ketones (excluding diaryl/α,β-unsaturated/α-hetero) is 3. The molecule has 7 N–H and O–H groups in total. The molecule has 0 saturated carbocycles. The zero-order valence-electron chi connectivity index (χ0n) is 42.5. The molecule has 21 nitrogen and oxygen atoms in total. The number of carbonyl (C=O) groups is 6. The lowest BCUT2D eigenvalue weighted by molar-refractivity contribution is -0.160. The predicted octanol–water partition coefficient (Wildman–Crippen LogP) is 4.16. The number of aromatic hydroxyl groups is 3. The van der Waals surface area contributed by atoms with Crippen LogP contribution < -0.4 is 10.1 Å². The number of allylic oxidation sites excluding steroid dienone is 2. The van der Waals surface area contributed by atoms with Crippen molar-refractivity contribution < 1.29 is 83.1 Å². The van der Waals surface area contributed by atoms with Crippen LogP contribution in [0.2, 0.25) is 0 Å². The van der Waals surface area contributed by atoms with Gasteiger partial charge in [0.2, 0.25) is 19.7 Å². The molecule has 72 heavy (non-hydrogen) atoms. The van der Waals surface area contributed by atoms with Gasteiger partial charge < -0.3 is 64.6 Å². The zero-order chi connectivity index (χ0) is 53.9. The first kappa shape index (κ1) is 58.1. The lowest BCUT2D eigenvalue weighted by atomic mass is 9.76. The Kier molecular flexibility index (Phi) is 20.3. The van der Waals surface area contributed by atoms with Crippen molar-refractivity contribution in [2.45, 2.75) is 99.3 Å². The fraction of sp³-hybridized carbons (Fsp3) is 0.529. The van der Waals surface area contributed by atoms with Gasteiger partial charge in [0.15, 0.2) is 5.75 Å². The topological polar surface area (TPSA) is 301 Å². The number of fused-ring (bicyclic) bond motifs is 14. The Balaban J connectivity index is 0.000000757. The van der Waals surface area contributed by atoms with Gasteiger partial charge >= 0.3 is 17.7 Å². The van der Waals surface area contributed by atoms with Gasteiger partial charge in [0.1, 0.15) is 29.1 Å². The molecule has 0 spiro atoms. The largest absolute Gasteiger partial charge is 0.507 e. The van der Waals surface area contributed by atoms with Crippen LogP contribution in [-0.2, 0) is 42.9 Å². The molecule has 0 aromatic heterocycles. The molecule has 4 heterocycles. The summed E-state index contributed by atoms with van der Waals surface area (Å²) in [6.45, 7) is 15.5. The maximum absolute atomic E-state index is 14.4. The van der Waals surface area contributed by atoms with E-state index >= 15 is 0 Å². The molecule has 2 aromatic carbocycles. The van der Waals surface area contributed by atoms with Crippen LogP contribution in [-0.4, -0.2) is 153 Å². The van der Waals surface area contributed by atoms with Crippen LogP contribution in [0.3, 0.4) is 0 Å². The number of ketones is 3. The number of rotatable bonds is 10. The van der Waals surface area contributed by atoms with E-state index in [0.717, 1.165) is 6.26 Å². The molecule has 4 aliphatic heterocycles. The van der Waals surface area contributed by atoms with Crippen LogP contribution in [0.25, 0.3) is 10.8 Å². The van der Waals surface area contributed by atoms with E-state index in [1.807, 2.05) is 7.05 Å². The SMILES string of the molecule is CC(=O)O[C@H]1[C@H](C)[C@H](O)[C@H](C)[C@@H](O)[C@@H](C)/C=C/C=C(/C)C(=O)Nc2c(/C=N/N3CCN(C)CC3)c(O)c3c4c(c(C)c(O)c3c2O)O[C@](C)(O/C=C/[C@H](CO)[C@H]1C)C4=O.[CH2+]OCOC(=O)C(=O)CCC(C)=O. The Morgan fingerprint density at radius 2 is 1.57 bits per heavy atom. The molecule has 2 aromatic rings. The van der Waals surface area contributed by atoms with E-state index in [2.05, 4.69) is 31.9 Å². The molecule has 9 atom stereocenters. The average Bonchev–Trinajstić information content (AvgIpc) is 3.60. The van der Waals surface area contributed by atoms with Crippen molar-refractivity contribution in [1.29, 1.82) is 0 Å². The van der Waals surface area contributed by atoms with Crippen molar-refractivity contribution in [3.8, 4) is 23.0 Å². The Hall–Kier alpha value is -6.52. The fourth-order valence-corrected chi connectivity index (χ4v) is 8.50. The van der Waals surface area contributed by atoms with Crippen molar-refractivity contribution in [3.05, 3.63) is 59.9 Å². The second kappa shape index (κ2) is 25.2. The van der Waals surface area contributed by atoms with E-state index < -0.39 is 107 Å². The highest BCUT2D eigenvalue weighted by atomic mass is 16.7. The van der Waals surface area contributed by atoms with Gasteiger partial charge in [0, 0.05) is 106 Å². The third-order valence-electron chi connectivity index (χ3n) is 13.2. The summed E-state index contributed by atoms with van der Waals surface area (Å²) in [5.41, 5.74) is -0.413. The fourth-order valence-electron chi connectivity index (χ4n) is 8.50. The molecule has 0 radical (unpaired) electrons. The Labute approximate surface area is 418 Å². The first-order chi connectivity index (χ1) is 33.8. The number of aliphatic hydroxyl groups excluding tert-OH is 3. The number of nitrogens with one attached hydrogen (secondary N) is 1. The number of hydrogen-bond acceptors (Lipinski definition) is 20. The minimum Gasteiger partial charge on any atom is -0.507 e. The lowest BCUT2D eigenvalue weighted by Gasteiger charge is -2.38. The molecule has 0 aliphatic carbocycles. The van der Waals surface area contributed by atoms with Gasteiger partial charge in [0.25, 0.3) is 11.7 Å². The molecule has 5 bridgehead atoms. The number of anilines is 1. The molecular weight excluding hydrogens is 941 g/mol. The third kappa shape index (κ3) is 13.5. The standard InChI is InChI=1S/C43H58N4O12.C8H11O5/c1-21-11-10-12-22(2)42(56)45-33-29(19-44-47-16-14-46(9)15-17-47)37(53)30-31(38(33)54)36(52)26(6)40-32(30)41(55)43(8,59-40)57-18-13-28(20-48)23(3)39(58-27(7)49)25(5)35(51)24(4)34(21)50;1-6(9)3-4-7(10)8(11)13-5-12-2/h10-13,18-19,21,23-25,28,34-35,39,48,50-54H,14-17,20H2,1-9H3,(H,45,56);2-5H2,1H3/q;+1/b11-10+,18-13+,22-12-,44-19+;/t21-,23+,24+,25+,28+,34-,35+,39+,43-;/m0./s1. The molecule has 394 valence electrons. The van der Waals surface area contributed by atoms with E-state index in [0.29, 0.717) is 26.2 Å². The van der Waals surface area contributed by atoms with E-state index in [1.165, 1.54) is 53.0 Å². The summed E-state index contributed by atoms with van der Waals surface area (Å²) in [6, 6.07) is 0. The number of phenols is 3. The quantitative estimate of drug-likeness (QED) is 0.0334. The van der Waals surface area contributed by atoms with Gasteiger partial charge in [-0.25, -0.2) is 4.79 Å². The predicted molar refractivity (Wildman–Crippen MR) is 263 cm³/mol. The average molecular weight is 1010 g/mol.